The number of carbonyl (C=O) groups is 2. The molecule has 1 unspecified atom stereocenters. The van der Waals surface area contributed by atoms with Crippen molar-refractivity contribution in [1.29, 1.82) is 0 Å². The zero-order valence-corrected chi connectivity index (χ0v) is 18.8. The maximum absolute atomic E-state index is 10.7. The summed E-state index contributed by atoms with van der Waals surface area (Å²) in [6, 6.07) is 0. The van der Waals surface area contributed by atoms with Crippen molar-refractivity contribution in [3.63, 3.8) is 0 Å². The highest BCUT2D eigenvalue weighted by molar-refractivity contribution is 5.85. The van der Waals surface area contributed by atoms with Gasteiger partial charge in [-0.25, -0.2) is 0 Å². The van der Waals surface area contributed by atoms with E-state index in [0.717, 1.165) is 25.7 Å². The first kappa shape index (κ1) is 31.2. The lowest BCUT2D eigenvalue weighted by molar-refractivity contribution is -0.138. The Morgan fingerprint density at radius 2 is 1.00 bits per heavy atom. The number of rotatable bonds is 19. The van der Waals surface area contributed by atoms with Crippen LogP contribution in [0, 0.1) is 5.92 Å². The van der Waals surface area contributed by atoms with E-state index in [2.05, 4.69) is 6.92 Å². The summed E-state index contributed by atoms with van der Waals surface area (Å²) in [5.74, 6) is -0.973. The van der Waals surface area contributed by atoms with Gasteiger partial charge in [0.05, 0.1) is 0 Å². The molecule has 0 amide bonds. The van der Waals surface area contributed by atoms with Crippen molar-refractivity contribution in [1.82, 2.24) is 0 Å². The molecule has 27 heavy (non-hydrogen) atoms. The molecule has 0 spiro atoms. The van der Waals surface area contributed by atoms with Crippen molar-refractivity contribution in [2.75, 3.05) is 0 Å². The summed E-state index contributed by atoms with van der Waals surface area (Å²) in [6.07, 6.45) is 18.6. The Kier molecular flexibility index (Phi) is 27.2. The summed E-state index contributed by atoms with van der Waals surface area (Å²) >= 11 is 0. The van der Waals surface area contributed by atoms with Crippen LogP contribution in [0.2, 0.25) is 0 Å². The van der Waals surface area contributed by atoms with E-state index in [9.17, 15) is 9.59 Å². The third-order valence-electron chi connectivity index (χ3n) is 5.04. The highest BCUT2D eigenvalue weighted by Crippen LogP contribution is 2.18. The van der Waals surface area contributed by atoms with E-state index in [4.69, 9.17) is 10.2 Å². The molecule has 0 fully saturated rings. The van der Waals surface area contributed by atoms with Gasteiger partial charge in [-0.3, -0.25) is 9.59 Å². The number of carboxylic acid groups (broad SMARTS) is 2. The van der Waals surface area contributed by atoms with Crippen molar-refractivity contribution in [3.8, 4) is 0 Å². The van der Waals surface area contributed by atoms with Crippen LogP contribution >= 0.6 is 24.8 Å². The van der Waals surface area contributed by atoms with Gasteiger partial charge in [-0.05, 0) is 18.8 Å². The standard InChI is InChI=1S/C21H40O4.2ClH/c1-2-19(18-21(24)25)16-14-12-10-8-6-4-3-5-7-9-11-13-15-17-20(22)23;;/h19H,2-18H2,1H3,(H,22,23)(H,24,25);2*1H. The monoisotopic (exact) mass is 428 g/mol. The zero-order chi connectivity index (χ0) is 18.8. The first-order chi connectivity index (χ1) is 12.1. The molecular weight excluding hydrogens is 387 g/mol. The number of aliphatic carboxylic acids is 2. The molecule has 0 saturated heterocycles. The molecule has 0 aliphatic carbocycles. The van der Waals surface area contributed by atoms with Gasteiger partial charge in [-0.15, -0.1) is 24.8 Å². The van der Waals surface area contributed by atoms with Crippen LogP contribution in [0.3, 0.4) is 0 Å². The summed E-state index contributed by atoms with van der Waals surface area (Å²) in [6.45, 7) is 2.09. The van der Waals surface area contributed by atoms with Gasteiger partial charge >= 0.3 is 11.9 Å². The minimum Gasteiger partial charge on any atom is -0.481 e. The summed E-state index contributed by atoms with van der Waals surface area (Å²) in [4.78, 5) is 21.1. The number of hydrogen-bond acceptors (Lipinski definition) is 2. The predicted molar refractivity (Wildman–Crippen MR) is 117 cm³/mol. The molecule has 0 aromatic heterocycles. The molecule has 6 heteroatoms. The normalized spacial score (nSPS) is 11.3. The fourth-order valence-electron chi connectivity index (χ4n) is 3.35. The first-order valence-corrected chi connectivity index (χ1v) is 10.5. The fourth-order valence-corrected chi connectivity index (χ4v) is 3.35. The van der Waals surface area contributed by atoms with Gasteiger partial charge in [0.15, 0.2) is 0 Å². The highest BCUT2D eigenvalue weighted by Gasteiger charge is 2.10. The molecule has 0 bridgehead atoms. The Labute approximate surface area is 178 Å². The Bertz CT molecular complexity index is 338. The van der Waals surface area contributed by atoms with Gasteiger partial charge in [-0.1, -0.05) is 90.4 Å². The molecule has 4 nitrogen and oxygen atoms in total. The van der Waals surface area contributed by atoms with Crippen LogP contribution in [-0.4, -0.2) is 22.2 Å². The molecule has 0 heterocycles. The maximum atomic E-state index is 10.7. The summed E-state index contributed by atoms with van der Waals surface area (Å²) in [5.41, 5.74) is 0. The summed E-state index contributed by atoms with van der Waals surface area (Å²) in [5, 5.41) is 17.4. The predicted octanol–water partition coefficient (Wildman–Crippen LogP) is 7.27. The van der Waals surface area contributed by atoms with E-state index in [0.29, 0.717) is 18.8 Å². The van der Waals surface area contributed by atoms with Gasteiger partial charge in [0, 0.05) is 12.8 Å². The molecule has 0 radical (unpaired) electrons. The average Bonchev–Trinajstić information content (AvgIpc) is 2.56. The van der Waals surface area contributed by atoms with Crippen molar-refractivity contribution < 1.29 is 19.8 Å². The Morgan fingerprint density at radius 3 is 1.33 bits per heavy atom. The number of halogens is 2. The van der Waals surface area contributed by atoms with E-state index in [1.54, 1.807) is 0 Å². The van der Waals surface area contributed by atoms with Crippen LogP contribution in [0.4, 0.5) is 0 Å². The quantitative estimate of drug-likeness (QED) is 0.212. The van der Waals surface area contributed by atoms with Crippen molar-refractivity contribution in [3.05, 3.63) is 0 Å². The van der Waals surface area contributed by atoms with E-state index in [-0.39, 0.29) is 24.8 Å². The van der Waals surface area contributed by atoms with Crippen LogP contribution in [-0.2, 0) is 9.59 Å². The Morgan fingerprint density at radius 1 is 0.630 bits per heavy atom. The molecule has 1 atom stereocenters. The van der Waals surface area contributed by atoms with E-state index in [1.807, 2.05) is 0 Å². The molecule has 0 saturated carbocycles. The van der Waals surface area contributed by atoms with Crippen molar-refractivity contribution in [2.45, 2.75) is 116 Å². The van der Waals surface area contributed by atoms with E-state index >= 15 is 0 Å². The lowest BCUT2D eigenvalue weighted by atomic mass is 9.95. The molecule has 0 aliphatic rings. The molecule has 164 valence electrons. The number of hydrogen-bond donors (Lipinski definition) is 2. The second kappa shape index (κ2) is 23.6. The Balaban J connectivity index is -0.00000288. The molecule has 0 rings (SSSR count). The van der Waals surface area contributed by atoms with Gasteiger partial charge in [-0.2, -0.15) is 0 Å². The fraction of sp³-hybridized carbons (Fsp3) is 0.905. The summed E-state index contributed by atoms with van der Waals surface area (Å²) < 4.78 is 0. The van der Waals surface area contributed by atoms with Crippen LogP contribution in [0.5, 0.6) is 0 Å². The average molecular weight is 429 g/mol. The second-order valence-electron chi connectivity index (χ2n) is 7.40. The van der Waals surface area contributed by atoms with Gasteiger partial charge < -0.3 is 10.2 Å². The molecule has 0 aliphatic heterocycles. The number of carboxylic acids is 2. The largest absolute Gasteiger partial charge is 0.481 e. The first-order valence-electron chi connectivity index (χ1n) is 10.5. The van der Waals surface area contributed by atoms with E-state index in [1.165, 1.54) is 70.6 Å². The van der Waals surface area contributed by atoms with E-state index < -0.39 is 11.9 Å². The SMILES string of the molecule is CCC(CCCCCCCCCCCCCCCC(=O)O)CC(=O)O.Cl.Cl. The van der Waals surface area contributed by atoms with Crippen LogP contribution in [0.15, 0.2) is 0 Å². The van der Waals surface area contributed by atoms with Crippen LogP contribution < -0.4 is 0 Å². The van der Waals surface area contributed by atoms with Crippen LogP contribution in [0.1, 0.15) is 116 Å². The molecule has 0 aromatic carbocycles. The Hall–Kier alpha value is -0.480. The lowest BCUT2D eigenvalue weighted by Crippen LogP contribution is -2.06. The topological polar surface area (TPSA) is 74.6 Å². The molecular formula is C21H42Cl2O4. The molecule has 0 aromatic rings. The van der Waals surface area contributed by atoms with Crippen molar-refractivity contribution >= 4 is 36.8 Å². The smallest absolute Gasteiger partial charge is 0.303 e. The lowest BCUT2D eigenvalue weighted by Gasteiger charge is -2.11. The minimum atomic E-state index is -0.676. The number of unbranched alkanes of at least 4 members (excludes halogenated alkanes) is 12. The van der Waals surface area contributed by atoms with Gasteiger partial charge in [0.25, 0.3) is 0 Å². The third-order valence-corrected chi connectivity index (χ3v) is 5.04. The van der Waals surface area contributed by atoms with Gasteiger partial charge in [0.1, 0.15) is 0 Å². The minimum absolute atomic E-state index is 0. The molecule has 2 N–H and O–H groups in total. The summed E-state index contributed by atoms with van der Waals surface area (Å²) in [7, 11) is 0. The van der Waals surface area contributed by atoms with Gasteiger partial charge in [0.2, 0.25) is 0 Å². The zero-order valence-electron chi connectivity index (χ0n) is 17.1. The van der Waals surface area contributed by atoms with Crippen LogP contribution in [0.25, 0.3) is 0 Å². The highest BCUT2D eigenvalue weighted by atomic mass is 35.5. The second-order valence-corrected chi connectivity index (χ2v) is 7.40. The maximum Gasteiger partial charge on any atom is 0.303 e. The third kappa shape index (κ3) is 25.5. The van der Waals surface area contributed by atoms with Crippen molar-refractivity contribution in [2.24, 2.45) is 5.92 Å².